The number of ether oxygens (including phenoxy) is 2. The highest BCUT2D eigenvalue weighted by Gasteiger charge is 2.29. The van der Waals surface area contributed by atoms with Crippen LogP contribution >= 0.6 is 24.0 Å². The van der Waals surface area contributed by atoms with Crippen molar-refractivity contribution in [3.63, 3.8) is 0 Å². The SMILES string of the molecule is CCNC(=NCC1(C)CCCO1)NCC1CCN(CCOC)CC1.I. The summed E-state index contributed by atoms with van der Waals surface area (Å²) >= 11 is 0. The molecule has 0 aromatic rings. The molecule has 2 saturated heterocycles. The van der Waals surface area contributed by atoms with Crippen LogP contribution in [0.15, 0.2) is 4.99 Å². The summed E-state index contributed by atoms with van der Waals surface area (Å²) in [6, 6.07) is 0. The Balaban J connectivity index is 0.00000312. The Labute approximate surface area is 170 Å². The van der Waals surface area contributed by atoms with Crippen LogP contribution in [-0.2, 0) is 9.47 Å². The predicted molar refractivity (Wildman–Crippen MR) is 114 cm³/mol. The van der Waals surface area contributed by atoms with Crippen molar-refractivity contribution >= 4 is 29.9 Å². The zero-order chi connectivity index (χ0) is 17.3. The Kier molecular flexibility index (Phi) is 11.3. The van der Waals surface area contributed by atoms with E-state index in [1.165, 1.54) is 25.9 Å². The number of rotatable bonds is 8. The number of hydrogen-bond donors (Lipinski definition) is 2. The molecule has 2 N–H and O–H groups in total. The van der Waals surface area contributed by atoms with Gasteiger partial charge in [0.1, 0.15) is 0 Å². The van der Waals surface area contributed by atoms with Crippen LogP contribution in [0.3, 0.4) is 0 Å². The molecule has 2 aliphatic heterocycles. The van der Waals surface area contributed by atoms with Gasteiger partial charge in [-0.3, -0.25) is 4.99 Å². The summed E-state index contributed by atoms with van der Waals surface area (Å²) in [4.78, 5) is 7.25. The second kappa shape index (κ2) is 12.3. The van der Waals surface area contributed by atoms with Crippen molar-refractivity contribution in [2.75, 3.05) is 59.6 Å². The molecule has 6 nitrogen and oxygen atoms in total. The third-order valence-electron chi connectivity index (χ3n) is 5.09. The molecule has 0 radical (unpaired) electrons. The fourth-order valence-corrected chi connectivity index (χ4v) is 3.43. The lowest BCUT2D eigenvalue weighted by Gasteiger charge is -2.32. The van der Waals surface area contributed by atoms with E-state index in [9.17, 15) is 0 Å². The lowest BCUT2D eigenvalue weighted by atomic mass is 9.97. The molecule has 0 aromatic carbocycles. The molecule has 1 unspecified atom stereocenters. The fraction of sp³-hybridized carbons (Fsp3) is 0.944. The van der Waals surface area contributed by atoms with Crippen LogP contribution in [0.1, 0.15) is 39.5 Å². The van der Waals surface area contributed by atoms with Gasteiger partial charge in [0, 0.05) is 33.4 Å². The maximum atomic E-state index is 5.83. The van der Waals surface area contributed by atoms with E-state index in [0.29, 0.717) is 0 Å². The number of methoxy groups -OCH3 is 1. The minimum atomic E-state index is -0.0744. The molecule has 2 heterocycles. The Morgan fingerprint density at radius 3 is 2.68 bits per heavy atom. The zero-order valence-electron chi connectivity index (χ0n) is 16.2. The highest BCUT2D eigenvalue weighted by molar-refractivity contribution is 14.0. The molecule has 2 rings (SSSR count). The van der Waals surface area contributed by atoms with Gasteiger partial charge in [0.05, 0.1) is 18.8 Å². The monoisotopic (exact) mass is 468 g/mol. The quantitative estimate of drug-likeness (QED) is 0.325. The average Bonchev–Trinajstić information content (AvgIpc) is 3.03. The molecule has 2 aliphatic rings. The highest BCUT2D eigenvalue weighted by atomic mass is 127. The van der Waals surface area contributed by atoms with Crippen molar-refractivity contribution in [3.05, 3.63) is 0 Å². The summed E-state index contributed by atoms with van der Waals surface area (Å²) in [7, 11) is 1.77. The minimum absolute atomic E-state index is 0. The third kappa shape index (κ3) is 8.41. The molecule has 7 heteroatoms. The molecular weight excluding hydrogens is 431 g/mol. The lowest BCUT2D eigenvalue weighted by molar-refractivity contribution is 0.0283. The third-order valence-corrected chi connectivity index (χ3v) is 5.09. The molecule has 2 fully saturated rings. The first-order chi connectivity index (χ1) is 11.6. The molecule has 0 saturated carbocycles. The largest absolute Gasteiger partial charge is 0.383 e. The van der Waals surface area contributed by atoms with Gasteiger partial charge in [-0.15, -0.1) is 24.0 Å². The van der Waals surface area contributed by atoms with E-state index < -0.39 is 0 Å². The Morgan fingerprint density at radius 2 is 2.08 bits per heavy atom. The summed E-state index contributed by atoms with van der Waals surface area (Å²) < 4.78 is 11.0. The van der Waals surface area contributed by atoms with Crippen LogP contribution in [-0.4, -0.2) is 76.1 Å². The molecule has 1 atom stereocenters. The Bertz CT molecular complexity index is 381. The molecular formula is C18H37IN4O2. The topological polar surface area (TPSA) is 58.1 Å². The average molecular weight is 468 g/mol. The maximum Gasteiger partial charge on any atom is 0.191 e. The van der Waals surface area contributed by atoms with E-state index in [4.69, 9.17) is 14.5 Å². The van der Waals surface area contributed by atoms with Gasteiger partial charge in [-0.25, -0.2) is 0 Å². The van der Waals surface area contributed by atoms with E-state index in [2.05, 4.69) is 29.4 Å². The Hall–Kier alpha value is -0.120. The summed E-state index contributed by atoms with van der Waals surface area (Å²) in [5, 5.41) is 6.89. The first-order valence-electron chi connectivity index (χ1n) is 9.52. The summed E-state index contributed by atoms with van der Waals surface area (Å²) in [6.07, 6.45) is 4.75. The number of likely N-dealkylation sites (tertiary alicyclic amines) is 1. The smallest absolute Gasteiger partial charge is 0.191 e. The number of hydrogen-bond acceptors (Lipinski definition) is 4. The van der Waals surface area contributed by atoms with Gasteiger partial charge >= 0.3 is 0 Å². The van der Waals surface area contributed by atoms with Crippen LogP contribution in [0.25, 0.3) is 0 Å². The van der Waals surface area contributed by atoms with Gasteiger partial charge in [-0.05, 0) is 58.5 Å². The summed E-state index contributed by atoms with van der Waals surface area (Å²) in [5.41, 5.74) is -0.0744. The Morgan fingerprint density at radius 1 is 1.32 bits per heavy atom. The maximum absolute atomic E-state index is 5.83. The van der Waals surface area contributed by atoms with Crippen molar-refractivity contribution in [2.24, 2.45) is 10.9 Å². The van der Waals surface area contributed by atoms with Crippen molar-refractivity contribution in [1.29, 1.82) is 0 Å². The van der Waals surface area contributed by atoms with Gasteiger partial charge in [0.2, 0.25) is 0 Å². The number of nitrogens with zero attached hydrogens (tertiary/aromatic N) is 2. The molecule has 0 bridgehead atoms. The van der Waals surface area contributed by atoms with Gasteiger partial charge in [0.15, 0.2) is 5.96 Å². The normalized spacial score (nSPS) is 25.6. The van der Waals surface area contributed by atoms with Crippen LogP contribution < -0.4 is 10.6 Å². The summed E-state index contributed by atoms with van der Waals surface area (Å²) in [5.74, 6) is 1.65. The van der Waals surface area contributed by atoms with Crippen LogP contribution in [0, 0.1) is 5.92 Å². The highest BCUT2D eigenvalue weighted by Crippen LogP contribution is 2.25. The van der Waals surface area contributed by atoms with E-state index >= 15 is 0 Å². The van der Waals surface area contributed by atoms with Gasteiger partial charge < -0.3 is 25.0 Å². The molecule has 148 valence electrons. The molecule has 0 aromatic heterocycles. The van der Waals surface area contributed by atoms with E-state index in [0.717, 1.165) is 64.1 Å². The molecule has 0 aliphatic carbocycles. The van der Waals surface area contributed by atoms with E-state index in [-0.39, 0.29) is 29.6 Å². The minimum Gasteiger partial charge on any atom is -0.383 e. The van der Waals surface area contributed by atoms with Crippen LogP contribution in [0.2, 0.25) is 0 Å². The number of halogens is 1. The second-order valence-electron chi connectivity index (χ2n) is 7.26. The number of guanidine groups is 1. The van der Waals surface area contributed by atoms with E-state index in [1.807, 2.05) is 0 Å². The number of nitrogens with one attached hydrogen (secondary N) is 2. The van der Waals surface area contributed by atoms with Crippen molar-refractivity contribution < 1.29 is 9.47 Å². The van der Waals surface area contributed by atoms with Gasteiger partial charge in [-0.1, -0.05) is 0 Å². The molecule has 0 spiro atoms. The van der Waals surface area contributed by atoms with Crippen LogP contribution in [0.4, 0.5) is 0 Å². The first kappa shape index (κ1) is 22.9. The van der Waals surface area contributed by atoms with Gasteiger partial charge in [-0.2, -0.15) is 0 Å². The lowest BCUT2D eigenvalue weighted by Crippen LogP contribution is -2.44. The number of aliphatic imine (C=N–C) groups is 1. The fourth-order valence-electron chi connectivity index (χ4n) is 3.43. The van der Waals surface area contributed by atoms with Crippen molar-refractivity contribution in [1.82, 2.24) is 15.5 Å². The number of piperidine rings is 1. The first-order valence-corrected chi connectivity index (χ1v) is 9.52. The van der Waals surface area contributed by atoms with Gasteiger partial charge in [0.25, 0.3) is 0 Å². The standard InChI is InChI=1S/C18H36N4O2.HI/c1-4-19-17(21-15-18(2)8-5-12-24-18)20-14-16-6-9-22(10-7-16)11-13-23-3;/h16H,4-15H2,1-3H3,(H2,19,20,21);1H. The van der Waals surface area contributed by atoms with E-state index in [1.54, 1.807) is 7.11 Å². The van der Waals surface area contributed by atoms with Crippen molar-refractivity contribution in [3.8, 4) is 0 Å². The predicted octanol–water partition coefficient (Wildman–Crippen LogP) is 2.09. The van der Waals surface area contributed by atoms with Crippen molar-refractivity contribution in [2.45, 2.75) is 45.1 Å². The molecule has 25 heavy (non-hydrogen) atoms. The van der Waals surface area contributed by atoms with Crippen LogP contribution in [0.5, 0.6) is 0 Å². The summed E-state index contributed by atoms with van der Waals surface area (Å²) in [6.45, 7) is 12.0. The second-order valence-corrected chi connectivity index (χ2v) is 7.26. The zero-order valence-corrected chi connectivity index (χ0v) is 18.5. The molecule has 0 amide bonds.